The summed E-state index contributed by atoms with van der Waals surface area (Å²) in [7, 11) is 3.90. The summed E-state index contributed by atoms with van der Waals surface area (Å²) in [6.07, 6.45) is -0.0387. The summed E-state index contributed by atoms with van der Waals surface area (Å²) >= 11 is 0. The van der Waals surface area contributed by atoms with E-state index in [1.807, 2.05) is 20.9 Å². The van der Waals surface area contributed by atoms with Crippen molar-refractivity contribution < 1.29 is 22.8 Å². The summed E-state index contributed by atoms with van der Waals surface area (Å²) in [5.74, 6) is 0.396. The van der Waals surface area contributed by atoms with Crippen molar-refractivity contribution >= 4 is 23.3 Å². The molecule has 0 atom stereocenters. The molecule has 2 heterocycles. The smallest absolute Gasteiger partial charge is 0.339 e. The number of rotatable bonds is 9. The van der Waals surface area contributed by atoms with Gasteiger partial charge < -0.3 is 15.1 Å². The monoisotopic (exact) mass is 545 g/mol. The number of alkyl halides is 3. The molecule has 1 saturated heterocycles. The number of hydrogen-bond acceptors (Lipinski definition) is 6. The molecule has 1 N–H and O–H groups in total. The fraction of sp³-hybridized carbons (Fsp3) is 0.586. The van der Waals surface area contributed by atoms with Crippen LogP contribution in [0.5, 0.6) is 0 Å². The molecule has 2 aliphatic rings. The molecular weight excluding hydrogens is 507 g/mol. The third-order valence-corrected chi connectivity index (χ3v) is 7.90. The third-order valence-electron chi connectivity index (χ3n) is 7.90. The number of hydrogen-bond donors (Lipinski definition) is 1. The van der Waals surface area contributed by atoms with E-state index in [2.05, 4.69) is 27.2 Å². The molecule has 212 valence electrons. The molecular formula is C29H38F3N5O2. The molecule has 0 radical (unpaired) electrons. The number of benzene rings is 1. The van der Waals surface area contributed by atoms with E-state index in [9.17, 15) is 22.8 Å². The Hall–Kier alpha value is -3.01. The highest BCUT2D eigenvalue weighted by Gasteiger charge is 2.39. The molecule has 10 heteroatoms. The number of ketones is 1. The average Bonchev–Trinajstić information content (AvgIpc) is 2.85. The van der Waals surface area contributed by atoms with Gasteiger partial charge in [-0.2, -0.15) is 13.2 Å². The maximum absolute atomic E-state index is 13.7. The zero-order valence-corrected chi connectivity index (χ0v) is 23.1. The molecule has 1 amide bonds. The van der Waals surface area contributed by atoms with Gasteiger partial charge in [0.2, 0.25) is 5.95 Å². The second-order valence-electron chi connectivity index (χ2n) is 11.5. The normalized spacial score (nSPS) is 20.5. The highest BCUT2D eigenvalue weighted by atomic mass is 19.4. The van der Waals surface area contributed by atoms with Crippen LogP contribution in [0.4, 0.5) is 24.8 Å². The average molecular weight is 546 g/mol. The number of anilines is 2. The van der Waals surface area contributed by atoms with Gasteiger partial charge in [-0.25, -0.2) is 9.97 Å². The topological polar surface area (TPSA) is 78.4 Å². The van der Waals surface area contributed by atoms with E-state index in [1.54, 1.807) is 29.2 Å². The fourth-order valence-electron chi connectivity index (χ4n) is 5.45. The highest BCUT2D eigenvalue weighted by Crippen LogP contribution is 2.40. The van der Waals surface area contributed by atoms with Gasteiger partial charge in [0.05, 0.1) is 11.3 Å². The van der Waals surface area contributed by atoms with E-state index < -0.39 is 11.7 Å². The Balaban J connectivity index is 1.40. The van der Waals surface area contributed by atoms with Crippen molar-refractivity contribution in [3.05, 3.63) is 47.3 Å². The van der Waals surface area contributed by atoms with Gasteiger partial charge in [0, 0.05) is 42.9 Å². The Bertz CT molecular complexity index is 1150. The highest BCUT2D eigenvalue weighted by molar-refractivity contribution is 5.94. The summed E-state index contributed by atoms with van der Waals surface area (Å²) in [4.78, 5) is 37.4. The Kier molecular flexibility index (Phi) is 8.93. The number of Topliss-reactive ketones (excluding diaryl/α,β-unsaturated/α-hetero) is 1. The number of piperidine rings is 1. The second kappa shape index (κ2) is 12.0. The molecule has 7 nitrogen and oxygen atoms in total. The Morgan fingerprint density at radius 1 is 1.13 bits per heavy atom. The number of nitrogens with zero attached hydrogens (tertiary/aromatic N) is 4. The van der Waals surface area contributed by atoms with Crippen LogP contribution in [0.3, 0.4) is 0 Å². The number of halogens is 3. The van der Waals surface area contributed by atoms with E-state index in [4.69, 9.17) is 0 Å². The first-order chi connectivity index (χ1) is 18.4. The Morgan fingerprint density at radius 3 is 2.36 bits per heavy atom. The first-order valence-corrected chi connectivity index (χ1v) is 13.7. The summed E-state index contributed by atoms with van der Waals surface area (Å²) in [5, 5.41) is 2.97. The minimum absolute atomic E-state index is 0.0122. The predicted octanol–water partition coefficient (Wildman–Crippen LogP) is 5.59. The predicted molar refractivity (Wildman–Crippen MR) is 144 cm³/mol. The lowest BCUT2D eigenvalue weighted by Gasteiger charge is -2.35. The maximum atomic E-state index is 13.7. The summed E-state index contributed by atoms with van der Waals surface area (Å²) in [6, 6.07) is 7.00. The first kappa shape index (κ1) is 29.0. The second-order valence-corrected chi connectivity index (χ2v) is 11.5. The lowest BCUT2D eigenvalue weighted by molar-refractivity contribution is -0.139. The quantitative estimate of drug-likeness (QED) is 0.443. The molecule has 1 aliphatic carbocycles. The van der Waals surface area contributed by atoms with Crippen LogP contribution in [0.25, 0.3) is 0 Å². The van der Waals surface area contributed by atoms with Gasteiger partial charge in [-0.05, 0) is 88.3 Å². The summed E-state index contributed by atoms with van der Waals surface area (Å²) in [5.41, 5.74) is 0.207. The minimum atomic E-state index is -4.56. The van der Waals surface area contributed by atoms with Crippen molar-refractivity contribution in [3.8, 4) is 0 Å². The van der Waals surface area contributed by atoms with E-state index in [-0.39, 0.29) is 53.5 Å². The molecule has 1 aromatic carbocycles. The molecule has 1 aromatic heterocycles. The van der Waals surface area contributed by atoms with Crippen LogP contribution in [0.15, 0.2) is 30.5 Å². The van der Waals surface area contributed by atoms with Crippen LogP contribution in [-0.4, -0.2) is 64.7 Å². The number of aromatic nitrogens is 2. The largest absolute Gasteiger partial charge is 0.419 e. The number of likely N-dealkylation sites (tertiary alicyclic amines) is 1. The molecule has 4 rings (SSSR count). The van der Waals surface area contributed by atoms with Crippen LogP contribution in [0.1, 0.15) is 67.6 Å². The van der Waals surface area contributed by atoms with Crippen molar-refractivity contribution in [2.45, 2.75) is 64.6 Å². The van der Waals surface area contributed by atoms with Gasteiger partial charge in [-0.3, -0.25) is 9.59 Å². The standard InChI is InChI=1S/C29H38F3N5O2/c1-18(2)13-26(38)21-14-19(15-21)16-25-24(29(30,31)32)17-33-28(35-25)34-22-7-5-20(6-8-22)27(39)37(4)23-9-11-36(3)12-10-23/h5-8,17-19,21,23H,9-16H2,1-4H3,(H,33,34,35). The first-order valence-electron chi connectivity index (χ1n) is 13.7. The molecule has 0 bridgehead atoms. The zero-order valence-electron chi connectivity index (χ0n) is 23.1. The van der Waals surface area contributed by atoms with Gasteiger partial charge in [-0.15, -0.1) is 0 Å². The molecule has 2 aromatic rings. The lowest BCUT2D eigenvalue weighted by atomic mass is 9.69. The van der Waals surface area contributed by atoms with Crippen molar-refractivity contribution in [1.82, 2.24) is 19.8 Å². The summed E-state index contributed by atoms with van der Waals surface area (Å²) in [6.45, 7) is 5.88. The number of nitrogens with one attached hydrogen (secondary N) is 1. The van der Waals surface area contributed by atoms with E-state index in [0.29, 0.717) is 30.5 Å². The van der Waals surface area contributed by atoms with Crippen LogP contribution in [-0.2, 0) is 17.4 Å². The van der Waals surface area contributed by atoms with E-state index >= 15 is 0 Å². The number of carbonyl (C=O) groups is 2. The van der Waals surface area contributed by atoms with Crippen LogP contribution in [0.2, 0.25) is 0 Å². The van der Waals surface area contributed by atoms with Gasteiger partial charge >= 0.3 is 6.18 Å². The number of amides is 1. The van der Waals surface area contributed by atoms with Gasteiger partial charge in [-0.1, -0.05) is 13.8 Å². The molecule has 1 saturated carbocycles. The van der Waals surface area contributed by atoms with E-state index in [0.717, 1.165) is 32.1 Å². The Labute approximate surface area is 228 Å². The zero-order chi connectivity index (χ0) is 28.3. The van der Waals surface area contributed by atoms with Gasteiger partial charge in [0.15, 0.2) is 0 Å². The van der Waals surface area contributed by atoms with Crippen molar-refractivity contribution in [2.75, 3.05) is 32.5 Å². The van der Waals surface area contributed by atoms with Crippen molar-refractivity contribution in [3.63, 3.8) is 0 Å². The van der Waals surface area contributed by atoms with E-state index in [1.165, 1.54) is 0 Å². The SMILES string of the molecule is CC(C)CC(=O)C1CC(Cc2nc(Nc3ccc(C(=O)N(C)C4CCN(C)CC4)cc3)ncc2C(F)(F)F)C1. The van der Waals surface area contributed by atoms with Gasteiger partial charge in [0.25, 0.3) is 5.91 Å². The number of carbonyl (C=O) groups excluding carboxylic acids is 2. The lowest BCUT2D eigenvalue weighted by Crippen LogP contribution is -2.44. The summed E-state index contributed by atoms with van der Waals surface area (Å²) < 4.78 is 41.0. The Morgan fingerprint density at radius 2 is 1.77 bits per heavy atom. The third kappa shape index (κ3) is 7.35. The van der Waals surface area contributed by atoms with Crippen molar-refractivity contribution in [1.29, 1.82) is 0 Å². The minimum Gasteiger partial charge on any atom is -0.339 e. The van der Waals surface area contributed by atoms with Gasteiger partial charge in [0.1, 0.15) is 5.78 Å². The maximum Gasteiger partial charge on any atom is 0.419 e. The molecule has 39 heavy (non-hydrogen) atoms. The van der Waals surface area contributed by atoms with Crippen LogP contribution in [0, 0.1) is 17.8 Å². The van der Waals surface area contributed by atoms with Crippen LogP contribution >= 0.6 is 0 Å². The molecule has 0 unspecified atom stereocenters. The van der Waals surface area contributed by atoms with Crippen molar-refractivity contribution in [2.24, 2.45) is 17.8 Å². The fourth-order valence-corrected chi connectivity index (χ4v) is 5.45. The molecule has 2 fully saturated rings. The molecule has 1 aliphatic heterocycles. The van der Waals surface area contributed by atoms with Crippen LogP contribution < -0.4 is 5.32 Å². The molecule has 0 spiro atoms.